The summed E-state index contributed by atoms with van der Waals surface area (Å²) in [6.45, 7) is 3.88. The molecule has 1 aliphatic heterocycles. The van der Waals surface area contributed by atoms with Gasteiger partial charge in [-0.15, -0.1) is 0 Å². The van der Waals surface area contributed by atoms with E-state index in [4.69, 9.17) is 0 Å². The van der Waals surface area contributed by atoms with Crippen molar-refractivity contribution in [2.45, 2.75) is 26.3 Å². The summed E-state index contributed by atoms with van der Waals surface area (Å²) in [5.41, 5.74) is 1.58. The van der Waals surface area contributed by atoms with Crippen LogP contribution >= 0.6 is 0 Å². The Balaban J connectivity index is 1.73. The fourth-order valence-corrected chi connectivity index (χ4v) is 3.13. The van der Waals surface area contributed by atoms with Crippen LogP contribution in [0, 0.1) is 24.4 Å². The molecule has 4 nitrogen and oxygen atoms in total. The summed E-state index contributed by atoms with van der Waals surface area (Å²) in [7, 11) is 0. The summed E-state index contributed by atoms with van der Waals surface area (Å²) in [4.78, 5) is 28.0. The van der Waals surface area contributed by atoms with Gasteiger partial charge in [-0.2, -0.15) is 0 Å². The van der Waals surface area contributed by atoms with E-state index >= 15 is 0 Å². The molecule has 0 aromatic heterocycles. The summed E-state index contributed by atoms with van der Waals surface area (Å²) in [6.07, 6.45) is -0.439. The maximum atomic E-state index is 13.8. The standard InChI is InChI=1S/C20H19F3N2O2/c1-12-3-6-15(7-4-12)25-10-13(2)24(11-18(25)27)17(26)9-14-5-8-16(21)20(23)19(14)22/h3-8,13H,9-11H2,1-2H3/t13-/m1/s1. The molecule has 0 saturated carbocycles. The number of piperazine rings is 1. The highest BCUT2D eigenvalue weighted by molar-refractivity contribution is 5.98. The molecule has 27 heavy (non-hydrogen) atoms. The van der Waals surface area contributed by atoms with Gasteiger partial charge in [-0.3, -0.25) is 9.59 Å². The highest BCUT2D eigenvalue weighted by Crippen LogP contribution is 2.22. The quantitative estimate of drug-likeness (QED) is 0.772. The third kappa shape index (κ3) is 3.82. The lowest BCUT2D eigenvalue weighted by Gasteiger charge is -2.39. The zero-order valence-electron chi connectivity index (χ0n) is 15.0. The monoisotopic (exact) mass is 376 g/mol. The number of aryl methyl sites for hydroxylation is 1. The maximum Gasteiger partial charge on any atom is 0.246 e. The number of nitrogens with zero attached hydrogens (tertiary/aromatic N) is 2. The van der Waals surface area contributed by atoms with Gasteiger partial charge in [0.15, 0.2) is 17.5 Å². The minimum atomic E-state index is -1.60. The number of amides is 2. The van der Waals surface area contributed by atoms with Crippen LogP contribution in [-0.2, 0) is 16.0 Å². The van der Waals surface area contributed by atoms with E-state index in [1.165, 1.54) is 4.90 Å². The second-order valence-electron chi connectivity index (χ2n) is 6.72. The van der Waals surface area contributed by atoms with E-state index in [1.54, 1.807) is 11.8 Å². The summed E-state index contributed by atoms with van der Waals surface area (Å²) < 4.78 is 40.2. The van der Waals surface area contributed by atoms with Crippen LogP contribution in [-0.4, -0.2) is 35.8 Å². The highest BCUT2D eigenvalue weighted by Gasteiger charge is 2.33. The smallest absolute Gasteiger partial charge is 0.246 e. The number of anilines is 1. The van der Waals surface area contributed by atoms with Gasteiger partial charge in [0.25, 0.3) is 0 Å². The molecule has 1 saturated heterocycles. The molecule has 3 rings (SSSR count). The number of rotatable bonds is 3. The fraction of sp³-hybridized carbons (Fsp3) is 0.300. The Morgan fingerprint density at radius 3 is 2.41 bits per heavy atom. The summed E-state index contributed by atoms with van der Waals surface area (Å²) in [5, 5.41) is 0. The molecular formula is C20H19F3N2O2. The molecule has 0 aliphatic carbocycles. The third-order valence-corrected chi connectivity index (χ3v) is 4.71. The molecule has 1 fully saturated rings. The van der Waals surface area contributed by atoms with Crippen molar-refractivity contribution in [3.05, 3.63) is 65.0 Å². The average molecular weight is 376 g/mol. The van der Waals surface area contributed by atoms with Crippen LogP contribution in [0.5, 0.6) is 0 Å². The lowest BCUT2D eigenvalue weighted by Crippen LogP contribution is -2.57. The first-order chi connectivity index (χ1) is 12.8. The first-order valence-electron chi connectivity index (χ1n) is 8.56. The minimum absolute atomic E-state index is 0.154. The van der Waals surface area contributed by atoms with E-state index in [2.05, 4.69) is 0 Å². The number of benzene rings is 2. The topological polar surface area (TPSA) is 40.6 Å². The largest absolute Gasteiger partial charge is 0.329 e. The van der Waals surface area contributed by atoms with Crippen molar-refractivity contribution in [1.29, 1.82) is 0 Å². The summed E-state index contributed by atoms with van der Waals surface area (Å²) in [5.74, 6) is -5.05. The summed E-state index contributed by atoms with van der Waals surface area (Å²) >= 11 is 0. The van der Waals surface area contributed by atoms with Crippen molar-refractivity contribution >= 4 is 17.5 Å². The minimum Gasteiger partial charge on any atom is -0.329 e. The van der Waals surface area contributed by atoms with Crippen molar-refractivity contribution < 1.29 is 22.8 Å². The van der Waals surface area contributed by atoms with Crippen LogP contribution in [0.2, 0.25) is 0 Å². The van der Waals surface area contributed by atoms with Gasteiger partial charge >= 0.3 is 0 Å². The molecule has 1 heterocycles. The second kappa shape index (κ2) is 7.42. The van der Waals surface area contributed by atoms with Crippen LogP contribution in [0.4, 0.5) is 18.9 Å². The Morgan fingerprint density at radius 2 is 1.74 bits per heavy atom. The normalized spacial score (nSPS) is 17.4. The first kappa shape index (κ1) is 18.9. The Bertz CT molecular complexity index is 884. The van der Waals surface area contributed by atoms with Crippen molar-refractivity contribution in [1.82, 2.24) is 4.90 Å². The van der Waals surface area contributed by atoms with E-state index in [9.17, 15) is 22.8 Å². The van der Waals surface area contributed by atoms with Gasteiger partial charge in [-0.1, -0.05) is 23.8 Å². The molecule has 1 aliphatic rings. The lowest BCUT2D eigenvalue weighted by atomic mass is 10.1. The molecular weight excluding hydrogens is 357 g/mol. The van der Waals surface area contributed by atoms with Gasteiger partial charge in [-0.05, 0) is 32.0 Å². The average Bonchev–Trinajstić information content (AvgIpc) is 2.64. The molecule has 0 radical (unpaired) electrons. The molecule has 142 valence electrons. The molecule has 0 bridgehead atoms. The Kier molecular flexibility index (Phi) is 5.21. The molecule has 2 amide bonds. The van der Waals surface area contributed by atoms with Gasteiger partial charge in [0.1, 0.15) is 6.54 Å². The molecule has 0 spiro atoms. The predicted molar refractivity (Wildman–Crippen MR) is 94.7 cm³/mol. The highest BCUT2D eigenvalue weighted by atomic mass is 19.2. The second-order valence-corrected chi connectivity index (χ2v) is 6.72. The van der Waals surface area contributed by atoms with Crippen LogP contribution in [0.25, 0.3) is 0 Å². The number of hydrogen-bond acceptors (Lipinski definition) is 2. The number of carbonyl (C=O) groups excluding carboxylic acids is 2. The number of carbonyl (C=O) groups is 2. The van der Waals surface area contributed by atoms with Crippen molar-refractivity contribution in [2.75, 3.05) is 18.0 Å². The van der Waals surface area contributed by atoms with Crippen molar-refractivity contribution in [3.8, 4) is 0 Å². The molecule has 0 N–H and O–H groups in total. The van der Waals surface area contributed by atoms with Crippen LogP contribution < -0.4 is 4.90 Å². The fourth-order valence-electron chi connectivity index (χ4n) is 3.13. The Labute approximate surface area is 155 Å². The zero-order valence-corrected chi connectivity index (χ0v) is 15.0. The molecule has 7 heteroatoms. The predicted octanol–water partition coefficient (Wildman–Crippen LogP) is 3.22. The van der Waals surface area contributed by atoms with Gasteiger partial charge in [0.05, 0.1) is 6.42 Å². The number of halogens is 3. The van der Waals surface area contributed by atoms with E-state index in [0.29, 0.717) is 6.54 Å². The van der Waals surface area contributed by atoms with Crippen molar-refractivity contribution in [2.24, 2.45) is 0 Å². The SMILES string of the molecule is Cc1ccc(N2C[C@@H](C)N(C(=O)Cc3ccc(F)c(F)c3F)CC2=O)cc1. The maximum absolute atomic E-state index is 13.8. The van der Waals surface area contributed by atoms with Crippen LogP contribution in [0.15, 0.2) is 36.4 Å². The lowest BCUT2D eigenvalue weighted by molar-refractivity contribution is -0.138. The van der Waals surface area contributed by atoms with Gasteiger partial charge < -0.3 is 9.80 Å². The first-order valence-corrected chi connectivity index (χ1v) is 8.56. The Hall–Kier alpha value is -2.83. The van der Waals surface area contributed by atoms with Crippen LogP contribution in [0.3, 0.4) is 0 Å². The zero-order chi connectivity index (χ0) is 19.7. The van der Waals surface area contributed by atoms with Crippen molar-refractivity contribution in [3.63, 3.8) is 0 Å². The van der Waals surface area contributed by atoms with Crippen LogP contribution in [0.1, 0.15) is 18.1 Å². The van der Waals surface area contributed by atoms with E-state index in [0.717, 1.165) is 23.4 Å². The van der Waals surface area contributed by atoms with E-state index in [1.807, 2.05) is 31.2 Å². The molecule has 2 aromatic carbocycles. The Morgan fingerprint density at radius 1 is 1.07 bits per heavy atom. The molecule has 1 atom stereocenters. The van der Waals surface area contributed by atoms with Gasteiger partial charge in [-0.25, -0.2) is 13.2 Å². The van der Waals surface area contributed by atoms with E-state index in [-0.39, 0.29) is 24.1 Å². The molecule has 0 unspecified atom stereocenters. The summed E-state index contributed by atoms with van der Waals surface area (Å²) in [6, 6.07) is 9.01. The number of hydrogen-bond donors (Lipinski definition) is 0. The van der Waals surface area contributed by atoms with Gasteiger partial charge in [0, 0.05) is 23.8 Å². The molecule has 2 aromatic rings. The van der Waals surface area contributed by atoms with Gasteiger partial charge in [0.2, 0.25) is 11.8 Å². The van der Waals surface area contributed by atoms with E-state index < -0.39 is 29.8 Å². The third-order valence-electron chi connectivity index (χ3n) is 4.71.